The van der Waals surface area contributed by atoms with Crippen LogP contribution < -0.4 is 5.32 Å². The van der Waals surface area contributed by atoms with Crippen LogP contribution in [0.25, 0.3) is 0 Å². The summed E-state index contributed by atoms with van der Waals surface area (Å²) in [5.41, 5.74) is 0.0789. The Morgan fingerprint density at radius 1 is 1.40 bits per heavy atom. The van der Waals surface area contributed by atoms with Crippen LogP contribution in [0.15, 0.2) is 28.7 Å². The van der Waals surface area contributed by atoms with Gasteiger partial charge >= 0.3 is 5.97 Å². The van der Waals surface area contributed by atoms with Crippen LogP contribution in [0.2, 0.25) is 0 Å². The zero-order valence-electron chi connectivity index (χ0n) is 9.00. The normalized spacial score (nSPS) is 14.4. The van der Waals surface area contributed by atoms with Crippen molar-refractivity contribution in [3.63, 3.8) is 0 Å². The maximum atomic E-state index is 11.7. The third-order valence-electron chi connectivity index (χ3n) is 2.52. The maximum Gasteiger partial charge on any atom is 0.330 e. The van der Waals surface area contributed by atoms with Crippen molar-refractivity contribution in [3.05, 3.63) is 34.3 Å². The first-order chi connectivity index (χ1) is 7.04. The minimum absolute atomic E-state index is 0.299. The second-order valence-corrected chi connectivity index (χ2v) is 4.29. The average Bonchev–Trinajstić information content (AvgIpc) is 2.27. The molecular formula is C11H14BrNO2. The highest BCUT2D eigenvalue weighted by Crippen LogP contribution is 2.23. The second-order valence-electron chi connectivity index (χ2n) is 3.37. The molecule has 3 nitrogen and oxygen atoms in total. The van der Waals surface area contributed by atoms with E-state index in [1.54, 1.807) is 14.0 Å². The predicted octanol–water partition coefficient (Wildman–Crippen LogP) is 2.06. The molecule has 0 saturated heterocycles. The van der Waals surface area contributed by atoms with Crippen molar-refractivity contribution >= 4 is 21.9 Å². The lowest BCUT2D eigenvalue weighted by molar-refractivity contribution is -0.148. The summed E-state index contributed by atoms with van der Waals surface area (Å²) >= 11 is 3.35. The average molecular weight is 272 g/mol. The minimum Gasteiger partial charge on any atom is -0.467 e. The van der Waals surface area contributed by atoms with Gasteiger partial charge in [0.2, 0.25) is 0 Å². The van der Waals surface area contributed by atoms with Crippen molar-refractivity contribution in [2.75, 3.05) is 14.2 Å². The first kappa shape index (κ1) is 12.2. The zero-order valence-corrected chi connectivity index (χ0v) is 10.6. The molecule has 0 radical (unpaired) electrons. The van der Waals surface area contributed by atoms with E-state index in [-0.39, 0.29) is 5.97 Å². The summed E-state index contributed by atoms with van der Waals surface area (Å²) in [6.07, 6.45) is 0. The number of ether oxygens (including phenoxy) is 1. The Labute approximate surface area is 97.9 Å². The van der Waals surface area contributed by atoms with Gasteiger partial charge in [-0.2, -0.15) is 0 Å². The van der Waals surface area contributed by atoms with E-state index in [1.165, 1.54) is 7.11 Å². The van der Waals surface area contributed by atoms with Crippen molar-refractivity contribution < 1.29 is 9.53 Å². The third-order valence-corrected chi connectivity index (χ3v) is 3.04. The summed E-state index contributed by atoms with van der Waals surface area (Å²) in [4.78, 5) is 11.7. The minimum atomic E-state index is -0.796. The Balaban J connectivity index is 3.11. The van der Waals surface area contributed by atoms with Gasteiger partial charge in [-0.1, -0.05) is 28.1 Å². The van der Waals surface area contributed by atoms with Gasteiger partial charge in [-0.3, -0.25) is 0 Å². The fourth-order valence-corrected chi connectivity index (χ4v) is 1.62. The Morgan fingerprint density at radius 2 is 1.93 bits per heavy atom. The van der Waals surface area contributed by atoms with Crippen molar-refractivity contribution in [1.82, 2.24) is 5.32 Å². The molecule has 0 saturated carbocycles. The molecule has 1 rings (SSSR count). The Morgan fingerprint density at radius 3 is 2.33 bits per heavy atom. The fraction of sp³-hybridized carbons (Fsp3) is 0.364. The number of nitrogens with one attached hydrogen (secondary N) is 1. The van der Waals surface area contributed by atoms with E-state index in [2.05, 4.69) is 21.2 Å². The van der Waals surface area contributed by atoms with Gasteiger partial charge in [0, 0.05) is 4.47 Å². The molecular weight excluding hydrogens is 258 g/mol. The summed E-state index contributed by atoms with van der Waals surface area (Å²) in [5.74, 6) is -0.299. The number of esters is 1. The fourth-order valence-electron chi connectivity index (χ4n) is 1.35. The highest BCUT2D eigenvalue weighted by molar-refractivity contribution is 9.10. The predicted molar refractivity (Wildman–Crippen MR) is 62.6 cm³/mol. The van der Waals surface area contributed by atoms with Gasteiger partial charge in [-0.05, 0) is 31.7 Å². The van der Waals surface area contributed by atoms with Gasteiger partial charge in [0.25, 0.3) is 0 Å². The van der Waals surface area contributed by atoms with Crippen LogP contribution in [-0.2, 0) is 15.1 Å². The van der Waals surface area contributed by atoms with Crippen molar-refractivity contribution in [2.24, 2.45) is 0 Å². The molecule has 0 aromatic heterocycles. The van der Waals surface area contributed by atoms with E-state index in [0.29, 0.717) is 0 Å². The molecule has 82 valence electrons. The van der Waals surface area contributed by atoms with E-state index < -0.39 is 5.54 Å². The zero-order chi connectivity index (χ0) is 11.5. The first-order valence-corrected chi connectivity index (χ1v) is 5.37. The molecule has 0 aliphatic heterocycles. The van der Waals surface area contributed by atoms with Gasteiger partial charge < -0.3 is 10.1 Å². The smallest absolute Gasteiger partial charge is 0.330 e. The van der Waals surface area contributed by atoms with Gasteiger partial charge in [0.1, 0.15) is 5.54 Å². The molecule has 1 aromatic rings. The number of rotatable bonds is 3. The number of hydrogen-bond acceptors (Lipinski definition) is 3. The standard InChI is InChI=1S/C11H14BrNO2/c1-11(13-2,10(14)15-3)8-4-6-9(12)7-5-8/h4-7,13H,1-3H3. The van der Waals surface area contributed by atoms with Crippen LogP contribution >= 0.6 is 15.9 Å². The summed E-state index contributed by atoms with van der Waals surface area (Å²) in [6.45, 7) is 1.79. The number of benzene rings is 1. The van der Waals surface area contributed by atoms with Gasteiger partial charge in [0.15, 0.2) is 0 Å². The molecule has 0 amide bonds. The molecule has 1 N–H and O–H groups in total. The molecule has 15 heavy (non-hydrogen) atoms. The second kappa shape index (κ2) is 4.77. The molecule has 0 bridgehead atoms. The molecule has 0 aliphatic rings. The number of likely N-dealkylation sites (N-methyl/N-ethyl adjacent to an activating group) is 1. The lowest BCUT2D eigenvalue weighted by Gasteiger charge is -2.26. The van der Waals surface area contributed by atoms with Crippen LogP contribution in [-0.4, -0.2) is 20.1 Å². The van der Waals surface area contributed by atoms with E-state index in [4.69, 9.17) is 4.74 Å². The summed E-state index contributed by atoms with van der Waals surface area (Å²) in [5, 5.41) is 2.98. The lowest BCUT2D eigenvalue weighted by atomic mass is 9.92. The third kappa shape index (κ3) is 2.38. The Kier molecular flexibility index (Phi) is 3.88. The highest BCUT2D eigenvalue weighted by atomic mass is 79.9. The first-order valence-electron chi connectivity index (χ1n) is 4.58. The van der Waals surface area contributed by atoms with Gasteiger partial charge in [-0.15, -0.1) is 0 Å². The Bertz CT molecular complexity index is 350. The van der Waals surface area contributed by atoms with E-state index in [9.17, 15) is 4.79 Å². The SMILES string of the molecule is CNC(C)(C(=O)OC)c1ccc(Br)cc1. The van der Waals surface area contributed by atoms with Crippen molar-refractivity contribution in [2.45, 2.75) is 12.5 Å². The molecule has 0 heterocycles. The quantitative estimate of drug-likeness (QED) is 0.856. The molecule has 4 heteroatoms. The van der Waals surface area contributed by atoms with E-state index >= 15 is 0 Å². The van der Waals surface area contributed by atoms with Crippen LogP contribution in [0.1, 0.15) is 12.5 Å². The molecule has 0 fully saturated rings. The maximum absolute atomic E-state index is 11.7. The molecule has 1 unspecified atom stereocenters. The summed E-state index contributed by atoms with van der Waals surface area (Å²) in [7, 11) is 3.12. The van der Waals surface area contributed by atoms with E-state index in [1.807, 2.05) is 24.3 Å². The summed E-state index contributed by atoms with van der Waals surface area (Å²) in [6, 6.07) is 7.57. The molecule has 0 aliphatic carbocycles. The Hall–Kier alpha value is -0.870. The monoisotopic (exact) mass is 271 g/mol. The largest absolute Gasteiger partial charge is 0.467 e. The molecule has 0 spiro atoms. The lowest BCUT2D eigenvalue weighted by Crippen LogP contribution is -2.45. The number of halogens is 1. The van der Waals surface area contributed by atoms with Crippen LogP contribution in [0, 0.1) is 0 Å². The molecule has 1 atom stereocenters. The van der Waals surface area contributed by atoms with Gasteiger partial charge in [0.05, 0.1) is 7.11 Å². The van der Waals surface area contributed by atoms with Crippen LogP contribution in [0.4, 0.5) is 0 Å². The van der Waals surface area contributed by atoms with Crippen LogP contribution in [0.3, 0.4) is 0 Å². The van der Waals surface area contributed by atoms with Crippen molar-refractivity contribution in [1.29, 1.82) is 0 Å². The van der Waals surface area contributed by atoms with Crippen LogP contribution in [0.5, 0.6) is 0 Å². The number of carbonyl (C=O) groups is 1. The summed E-state index contributed by atoms with van der Waals surface area (Å²) < 4.78 is 5.76. The number of methoxy groups -OCH3 is 1. The molecule has 1 aromatic carbocycles. The topological polar surface area (TPSA) is 38.3 Å². The van der Waals surface area contributed by atoms with Crippen molar-refractivity contribution in [3.8, 4) is 0 Å². The number of hydrogen-bond donors (Lipinski definition) is 1. The van der Waals surface area contributed by atoms with E-state index in [0.717, 1.165) is 10.0 Å². The van der Waals surface area contributed by atoms with Gasteiger partial charge in [-0.25, -0.2) is 4.79 Å². The number of carbonyl (C=O) groups excluding carboxylic acids is 1. The highest BCUT2D eigenvalue weighted by Gasteiger charge is 2.34.